The van der Waals surface area contributed by atoms with Crippen LogP contribution < -0.4 is 5.43 Å². The molecular weight excluding hydrogens is 300 g/mol. The van der Waals surface area contributed by atoms with Crippen LogP contribution in [0.25, 0.3) is 33.4 Å². The highest BCUT2D eigenvalue weighted by Gasteiger charge is 2.14. The third-order valence-electron chi connectivity index (χ3n) is 4.03. The van der Waals surface area contributed by atoms with Crippen molar-refractivity contribution in [2.45, 2.75) is 0 Å². The molecule has 1 aromatic heterocycles. The van der Waals surface area contributed by atoms with Crippen LogP contribution in [0.5, 0.6) is 5.75 Å². The van der Waals surface area contributed by atoms with Gasteiger partial charge in [0.1, 0.15) is 5.58 Å². The molecule has 0 aliphatic rings. The molecule has 0 unspecified atom stereocenters. The zero-order chi connectivity index (χ0) is 16.5. The lowest BCUT2D eigenvalue weighted by Crippen LogP contribution is -2.02. The predicted molar refractivity (Wildman–Crippen MR) is 95.0 cm³/mol. The van der Waals surface area contributed by atoms with E-state index in [4.69, 9.17) is 4.42 Å². The second kappa shape index (κ2) is 5.70. The number of benzene rings is 3. The van der Waals surface area contributed by atoms with Crippen molar-refractivity contribution in [1.29, 1.82) is 0 Å². The standard InChI is InChI=1S/C21H14O3/c22-19-17-8-4-5-9-18(17)24-21(20(19)23)16-12-10-15(11-13-16)14-6-2-1-3-7-14/h1-13,23H. The van der Waals surface area contributed by atoms with Crippen molar-refractivity contribution in [3.8, 4) is 28.2 Å². The molecule has 0 radical (unpaired) electrons. The Morgan fingerprint density at radius 2 is 1.25 bits per heavy atom. The minimum Gasteiger partial charge on any atom is -0.502 e. The number of para-hydroxylation sites is 1. The van der Waals surface area contributed by atoms with Crippen LogP contribution in [-0.4, -0.2) is 5.11 Å². The summed E-state index contributed by atoms with van der Waals surface area (Å²) in [5, 5.41) is 10.6. The van der Waals surface area contributed by atoms with Crippen LogP contribution in [0.1, 0.15) is 0 Å². The number of aromatic hydroxyl groups is 1. The summed E-state index contributed by atoms with van der Waals surface area (Å²) < 4.78 is 5.76. The van der Waals surface area contributed by atoms with Crippen LogP contribution >= 0.6 is 0 Å². The molecule has 3 aromatic carbocycles. The largest absolute Gasteiger partial charge is 0.502 e. The summed E-state index contributed by atoms with van der Waals surface area (Å²) in [6.07, 6.45) is 0. The van der Waals surface area contributed by atoms with E-state index in [0.717, 1.165) is 11.1 Å². The molecule has 116 valence electrons. The van der Waals surface area contributed by atoms with E-state index < -0.39 is 5.43 Å². The fourth-order valence-corrected chi connectivity index (χ4v) is 2.77. The molecule has 1 N–H and O–H groups in total. The Kier molecular flexibility index (Phi) is 3.39. The molecule has 0 aliphatic carbocycles. The summed E-state index contributed by atoms with van der Waals surface area (Å²) in [5.41, 5.74) is 2.87. The molecule has 0 atom stereocenters. The van der Waals surface area contributed by atoms with Gasteiger partial charge in [-0.2, -0.15) is 0 Å². The number of hydrogen-bond acceptors (Lipinski definition) is 3. The number of hydrogen-bond donors (Lipinski definition) is 1. The topological polar surface area (TPSA) is 50.4 Å². The zero-order valence-corrected chi connectivity index (χ0v) is 12.8. The first kappa shape index (κ1) is 14.3. The third-order valence-corrected chi connectivity index (χ3v) is 4.03. The molecule has 0 spiro atoms. The molecule has 0 bridgehead atoms. The summed E-state index contributed by atoms with van der Waals surface area (Å²) >= 11 is 0. The van der Waals surface area contributed by atoms with Crippen molar-refractivity contribution in [1.82, 2.24) is 0 Å². The Bertz CT molecular complexity index is 1060. The van der Waals surface area contributed by atoms with Gasteiger partial charge in [-0.25, -0.2) is 0 Å². The molecule has 24 heavy (non-hydrogen) atoms. The second-order valence-corrected chi connectivity index (χ2v) is 5.55. The number of rotatable bonds is 2. The van der Waals surface area contributed by atoms with Crippen LogP contribution in [0.3, 0.4) is 0 Å². The molecule has 3 heteroatoms. The van der Waals surface area contributed by atoms with Gasteiger partial charge in [0.15, 0.2) is 5.76 Å². The Balaban J connectivity index is 1.83. The summed E-state index contributed by atoms with van der Waals surface area (Å²) in [6, 6.07) is 24.5. The molecular formula is C21H14O3. The Hall–Kier alpha value is -3.33. The third kappa shape index (κ3) is 2.36. The Morgan fingerprint density at radius 1 is 0.667 bits per heavy atom. The van der Waals surface area contributed by atoms with Gasteiger partial charge in [-0.1, -0.05) is 66.7 Å². The molecule has 4 aromatic rings. The summed E-state index contributed by atoms with van der Waals surface area (Å²) in [4.78, 5) is 12.3. The van der Waals surface area contributed by atoms with Crippen molar-refractivity contribution < 1.29 is 9.52 Å². The van der Waals surface area contributed by atoms with Crippen molar-refractivity contribution in [3.05, 3.63) is 89.1 Å². The smallest absolute Gasteiger partial charge is 0.235 e. The molecule has 0 amide bonds. The molecule has 3 nitrogen and oxygen atoms in total. The molecule has 0 fully saturated rings. The Labute approximate surface area is 138 Å². The highest BCUT2D eigenvalue weighted by Crippen LogP contribution is 2.31. The van der Waals surface area contributed by atoms with E-state index in [1.807, 2.05) is 54.6 Å². The second-order valence-electron chi connectivity index (χ2n) is 5.55. The van der Waals surface area contributed by atoms with Crippen molar-refractivity contribution in [2.75, 3.05) is 0 Å². The maximum Gasteiger partial charge on any atom is 0.235 e. The van der Waals surface area contributed by atoms with Gasteiger partial charge in [0.2, 0.25) is 11.2 Å². The average molecular weight is 314 g/mol. The maximum atomic E-state index is 12.3. The molecule has 0 saturated heterocycles. The van der Waals surface area contributed by atoms with Crippen molar-refractivity contribution >= 4 is 11.0 Å². The summed E-state index contributed by atoms with van der Waals surface area (Å²) in [7, 11) is 0. The van der Waals surface area contributed by atoms with Crippen LogP contribution in [0.2, 0.25) is 0 Å². The van der Waals surface area contributed by atoms with E-state index in [1.165, 1.54) is 0 Å². The molecule has 1 heterocycles. The van der Waals surface area contributed by atoms with E-state index in [1.54, 1.807) is 24.3 Å². The van der Waals surface area contributed by atoms with Gasteiger partial charge in [-0.15, -0.1) is 0 Å². The fourth-order valence-electron chi connectivity index (χ4n) is 2.77. The minimum atomic E-state index is -0.418. The van der Waals surface area contributed by atoms with Crippen molar-refractivity contribution in [2.24, 2.45) is 0 Å². The molecule has 0 aliphatic heterocycles. The van der Waals surface area contributed by atoms with Gasteiger partial charge < -0.3 is 9.52 Å². The Morgan fingerprint density at radius 3 is 2.00 bits per heavy atom. The van der Waals surface area contributed by atoms with E-state index in [0.29, 0.717) is 16.5 Å². The van der Waals surface area contributed by atoms with Gasteiger partial charge in [-0.05, 0) is 23.3 Å². The van der Waals surface area contributed by atoms with Gasteiger partial charge in [-0.3, -0.25) is 4.79 Å². The van der Waals surface area contributed by atoms with Crippen LogP contribution in [0.4, 0.5) is 0 Å². The van der Waals surface area contributed by atoms with Crippen LogP contribution in [-0.2, 0) is 0 Å². The van der Waals surface area contributed by atoms with Gasteiger partial charge >= 0.3 is 0 Å². The first-order chi connectivity index (χ1) is 11.7. The first-order valence-corrected chi connectivity index (χ1v) is 7.65. The van der Waals surface area contributed by atoms with Crippen LogP contribution in [0.15, 0.2) is 88.1 Å². The summed E-state index contributed by atoms with van der Waals surface area (Å²) in [6.45, 7) is 0. The van der Waals surface area contributed by atoms with E-state index in [-0.39, 0.29) is 11.5 Å². The normalized spacial score (nSPS) is 10.8. The molecule has 4 rings (SSSR count). The quantitative estimate of drug-likeness (QED) is 0.576. The highest BCUT2D eigenvalue weighted by atomic mass is 16.4. The number of fused-ring (bicyclic) bond motifs is 1. The van der Waals surface area contributed by atoms with E-state index in [2.05, 4.69) is 0 Å². The monoisotopic (exact) mass is 314 g/mol. The van der Waals surface area contributed by atoms with Gasteiger partial charge in [0, 0.05) is 5.56 Å². The van der Waals surface area contributed by atoms with E-state index >= 15 is 0 Å². The SMILES string of the molecule is O=c1c(O)c(-c2ccc(-c3ccccc3)cc2)oc2ccccc12. The molecule has 0 saturated carbocycles. The minimum absolute atomic E-state index is 0.193. The van der Waals surface area contributed by atoms with E-state index in [9.17, 15) is 9.90 Å². The lowest BCUT2D eigenvalue weighted by atomic mass is 10.0. The van der Waals surface area contributed by atoms with Gasteiger partial charge in [0.25, 0.3) is 0 Å². The lowest BCUT2D eigenvalue weighted by molar-refractivity contribution is 0.449. The first-order valence-electron chi connectivity index (χ1n) is 7.65. The highest BCUT2D eigenvalue weighted by molar-refractivity contribution is 5.82. The lowest BCUT2D eigenvalue weighted by Gasteiger charge is -2.07. The average Bonchev–Trinajstić information content (AvgIpc) is 2.66. The van der Waals surface area contributed by atoms with Crippen LogP contribution in [0, 0.1) is 0 Å². The maximum absolute atomic E-state index is 12.3. The van der Waals surface area contributed by atoms with Gasteiger partial charge in [0.05, 0.1) is 5.39 Å². The zero-order valence-electron chi connectivity index (χ0n) is 12.8. The van der Waals surface area contributed by atoms with Crippen molar-refractivity contribution in [3.63, 3.8) is 0 Å². The summed E-state index contributed by atoms with van der Waals surface area (Å²) in [5.74, 6) is -0.167. The predicted octanol–water partition coefficient (Wildman–Crippen LogP) is 4.83. The fraction of sp³-hybridized carbons (Fsp3) is 0.